The molecule has 4 heteroatoms. The van der Waals surface area contributed by atoms with Crippen molar-refractivity contribution in [1.82, 2.24) is 0 Å². The Morgan fingerprint density at radius 1 is 1.60 bits per heavy atom. The average molecular weight is 226 g/mol. The highest BCUT2D eigenvalue weighted by molar-refractivity contribution is 6.32. The fourth-order valence-electron chi connectivity index (χ4n) is 1.67. The van der Waals surface area contributed by atoms with Crippen LogP contribution in [0.4, 0.5) is 0 Å². The normalized spacial score (nSPS) is 15.7. The van der Waals surface area contributed by atoms with E-state index in [1.165, 1.54) is 0 Å². The van der Waals surface area contributed by atoms with Gasteiger partial charge in [0.05, 0.1) is 17.7 Å². The minimum atomic E-state index is -0.499. The van der Waals surface area contributed by atoms with Gasteiger partial charge in [0.2, 0.25) is 0 Å². The third-order valence-electron chi connectivity index (χ3n) is 2.44. The molecule has 3 nitrogen and oxygen atoms in total. The largest absolute Gasteiger partial charge is 0.491 e. The number of nitrogens with two attached hydrogens (primary N) is 1. The van der Waals surface area contributed by atoms with E-state index < -0.39 is 6.04 Å². The maximum atomic E-state index is 11.7. The van der Waals surface area contributed by atoms with Gasteiger partial charge in [-0.3, -0.25) is 4.79 Å². The first-order valence-corrected chi connectivity index (χ1v) is 5.22. The molecule has 2 rings (SSSR count). The summed E-state index contributed by atoms with van der Waals surface area (Å²) in [6.45, 7) is 2.30. The smallest absolute Gasteiger partial charge is 0.179 e. The van der Waals surface area contributed by atoms with Gasteiger partial charge in [-0.1, -0.05) is 11.6 Å². The predicted octanol–water partition coefficient (Wildman–Crippen LogP) is 1.80. The molecule has 1 unspecified atom stereocenters. The minimum absolute atomic E-state index is 0.0911. The molecular weight excluding hydrogens is 214 g/mol. The van der Waals surface area contributed by atoms with Crippen molar-refractivity contribution in [3.8, 4) is 5.75 Å². The van der Waals surface area contributed by atoms with Crippen LogP contribution in [-0.2, 0) is 6.42 Å². The van der Waals surface area contributed by atoms with E-state index in [9.17, 15) is 4.79 Å². The predicted molar refractivity (Wildman–Crippen MR) is 58.6 cm³/mol. The van der Waals surface area contributed by atoms with E-state index in [1.807, 2.05) is 6.07 Å². The number of benzene rings is 1. The zero-order valence-electron chi connectivity index (χ0n) is 8.42. The Kier molecular flexibility index (Phi) is 2.67. The second-order valence-electron chi connectivity index (χ2n) is 3.70. The number of fused-ring (bicyclic) bond motifs is 1. The Morgan fingerprint density at radius 2 is 2.33 bits per heavy atom. The molecule has 0 fully saturated rings. The quantitative estimate of drug-likeness (QED) is 0.781. The van der Waals surface area contributed by atoms with Crippen LogP contribution in [-0.4, -0.2) is 18.4 Å². The number of carbonyl (C=O) groups is 1. The number of ketones is 1. The molecule has 1 aromatic carbocycles. The lowest BCUT2D eigenvalue weighted by Gasteiger charge is -2.07. The van der Waals surface area contributed by atoms with Crippen LogP contribution in [0.15, 0.2) is 12.1 Å². The number of ether oxygens (including phenoxy) is 1. The van der Waals surface area contributed by atoms with Crippen molar-refractivity contribution < 1.29 is 9.53 Å². The molecule has 1 aromatic rings. The van der Waals surface area contributed by atoms with Gasteiger partial charge in [0.25, 0.3) is 0 Å². The van der Waals surface area contributed by atoms with Crippen LogP contribution in [0.3, 0.4) is 0 Å². The lowest BCUT2D eigenvalue weighted by atomic mass is 10.0. The average Bonchev–Trinajstić information content (AvgIpc) is 2.64. The zero-order valence-corrected chi connectivity index (χ0v) is 9.17. The number of halogens is 1. The Morgan fingerprint density at radius 3 is 3.00 bits per heavy atom. The third kappa shape index (κ3) is 1.85. The lowest BCUT2D eigenvalue weighted by Crippen LogP contribution is -2.26. The highest BCUT2D eigenvalue weighted by atomic mass is 35.5. The Hall–Kier alpha value is -1.06. The molecule has 1 aliphatic rings. The van der Waals surface area contributed by atoms with E-state index in [-0.39, 0.29) is 5.78 Å². The van der Waals surface area contributed by atoms with Crippen LogP contribution in [0, 0.1) is 0 Å². The molecule has 1 aliphatic heterocycles. The lowest BCUT2D eigenvalue weighted by molar-refractivity contribution is 0.0968. The van der Waals surface area contributed by atoms with Gasteiger partial charge in [-0.15, -0.1) is 0 Å². The molecular formula is C11H12ClNO2. The van der Waals surface area contributed by atoms with Gasteiger partial charge in [-0.25, -0.2) is 0 Å². The number of carbonyl (C=O) groups excluding carboxylic acids is 1. The summed E-state index contributed by atoms with van der Waals surface area (Å²) in [5, 5.41) is 0.494. The number of hydrogen-bond acceptors (Lipinski definition) is 3. The number of hydrogen-bond donors (Lipinski definition) is 1. The van der Waals surface area contributed by atoms with E-state index >= 15 is 0 Å². The van der Waals surface area contributed by atoms with Crippen LogP contribution >= 0.6 is 11.6 Å². The molecule has 80 valence electrons. The zero-order chi connectivity index (χ0) is 11.0. The molecule has 0 radical (unpaired) electrons. The van der Waals surface area contributed by atoms with Crippen LogP contribution in [0.1, 0.15) is 22.8 Å². The summed E-state index contributed by atoms with van der Waals surface area (Å²) in [6, 6.07) is 2.94. The van der Waals surface area contributed by atoms with Gasteiger partial charge >= 0.3 is 0 Å². The molecule has 0 spiro atoms. The van der Waals surface area contributed by atoms with E-state index in [0.29, 0.717) is 22.9 Å². The molecule has 0 aliphatic carbocycles. The third-order valence-corrected chi connectivity index (χ3v) is 2.72. The van der Waals surface area contributed by atoms with Gasteiger partial charge in [-0.05, 0) is 24.6 Å². The second kappa shape index (κ2) is 3.83. The maximum absolute atomic E-state index is 11.7. The highest BCUT2D eigenvalue weighted by Crippen LogP contribution is 2.34. The summed E-state index contributed by atoms with van der Waals surface area (Å²) in [4.78, 5) is 11.7. The molecule has 1 heterocycles. The molecule has 2 N–H and O–H groups in total. The first kappa shape index (κ1) is 10.5. The van der Waals surface area contributed by atoms with E-state index in [1.54, 1.807) is 13.0 Å². The first-order valence-electron chi connectivity index (χ1n) is 4.84. The minimum Gasteiger partial charge on any atom is -0.491 e. The SMILES string of the molecule is CC(N)C(=O)c1cc(Cl)c2c(c1)CCO2. The summed E-state index contributed by atoms with van der Waals surface area (Å²) in [6.07, 6.45) is 0.801. The van der Waals surface area contributed by atoms with Crippen LogP contribution in [0.5, 0.6) is 5.75 Å². The topological polar surface area (TPSA) is 52.3 Å². The summed E-state index contributed by atoms with van der Waals surface area (Å²) < 4.78 is 5.35. The van der Waals surface area contributed by atoms with Crippen molar-refractivity contribution in [3.05, 3.63) is 28.3 Å². The van der Waals surface area contributed by atoms with Crippen LogP contribution in [0.2, 0.25) is 5.02 Å². The maximum Gasteiger partial charge on any atom is 0.179 e. The molecule has 0 saturated carbocycles. The van der Waals surface area contributed by atoms with Gasteiger partial charge in [-0.2, -0.15) is 0 Å². The fraction of sp³-hybridized carbons (Fsp3) is 0.364. The number of rotatable bonds is 2. The highest BCUT2D eigenvalue weighted by Gasteiger charge is 2.20. The molecule has 0 bridgehead atoms. The van der Waals surface area contributed by atoms with Crippen molar-refractivity contribution in [1.29, 1.82) is 0 Å². The second-order valence-corrected chi connectivity index (χ2v) is 4.10. The fourth-order valence-corrected chi connectivity index (χ4v) is 1.96. The Balaban J connectivity index is 2.44. The summed E-state index contributed by atoms with van der Waals surface area (Å²) in [7, 11) is 0. The standard InChI is InChI=1S/C11H12ClNO2/c1-6(13)10(14)8-4-7-2-3-15-11(7)9(12)5-8/h4-6H,2-3,13H2,1H3. The van der Waals surface area contributed by atoms with E-state index in [0.717, 1.165) is 12.0 Å². The van der Waals surface area contributed by atoms with Crippen molar-refractivity contribution in [3.63, 3.8) is 0 Å². The van der Waals surface area contributed by atoms with Crippen molar-refractivity contribution >= 4 is 17.4 Å². The Labute approximate surface area is 93.2 Å². The van der Waals surface area contributed by atoms with Crippen LogP contribution in [0.25, 0.3) is 0 Å². The monoisotopic (exact) mass is 225 g/mol. The van der Waals surface area contributed by atoms with Crippen molar-refractivity contribution in [2.24, 2.45) is 5.73 Å². The molecule has 15 heavy (non-hydrogen) atoms. The van der Waals surface area contributed by atoms with Gasteiger partial charge in [0.15, 0.2) is 5.78 Å². The van der Waals surface area contributed by atoms with E-state index in [4.69, 9.17) is 22.1 Å². The van der Waals surface area contributed by atoms with Gasteiger partial charge in [0.1, 0.15) is 5.75 Å². The molecule has 0 amide bonds. The summed E-state index contributed by atoms with van der Waals surface area (Å²) >= 11 is 6.01. The van der Waals surface area contributed by atoms with Gasteiger partial charge < -0.3 is 10.5 Å². The van der Waals surface area contributed by atoms with E-state index in [2.05, 4.69) is 0 Å². The van der Waals surface area contributed by atoms with Crippen molar-refractivity contribution in [2.75, 3.05) is 6.61 Å². The molecule has 0 saturated heterocycles. The summed E-state index contributed by atoms with van der Waals surface area (Å²) in [5.74, 6) is 0.615. The molecule has 0 aromatic heterocycles. The van der Waals surface area contributed by atoms with Crippen molar-refractivity contribution in [2.45, 2.75) is 19.4 Å². The van der Waals surface area contributed by atoms with Crippen LogP contribution < -0.4 is 10.5 Å². The first-order chi connectivity index (χ1) is 7.09. The summed E-state index contributed by atoms with van der Waals surface area (Å²) in [5.41, 5.74) is 7.10. The number of Topliss-reactive ketones (excluding diaryl/α,β-unsaturated/α-hetero) is 1. The Bertz CT molecular complexity index is 415. The van der Waals surface area contributed by atoms with Gasteiger partial charge in [0, 0.05) is 12.0 Å². The molecule has 1 atom stereocenters.